The monoisotopic (exact) mass is 258 g/mol. The molecule has 1 aromatic heterocycles. The molecule has 0 unspecified atom stereocenters. The Hall–Kier alpha value is -1.55. The Kier molecular flexibility index (Phi) is 3.19. The minimum atomic E-state index is 1.07. The summed E-state index contributed by atoms with van der Waals surface area (Å²) >= 11 is 0. The van der Waals surface area contributed by atoms with Gasteiger partial charge in [0.2, 0.25) is 0 Å². The molecular weight excluding hydrogens is 236 g/mol. The number of fused-ring (bicyclic) bond motifs is 1. The van der Waals surface area contributed by atoms with Crippen molar-refractivity contribution in [1.82, 2.24) is 15.1 Å². The number of nitrogens with one attached hydrogen (secondary N) is 1. The van der Waals surface area contributed by atoms with Gasteiger partial charge in [0.15, 0.2) is 5.82 Å². The summed E-state index contributed by atoms with van der Waals surface area (Å²) in [5.41, 5.74) is 3.76. The number of piperazine rings is 1. The number of aromatic amines is 1. The van der Waals surface area contributed by atoms with E-state index in [0.29, 0.717) is 0 Å². The Morgan fingerprint density at radius 1 is 1.16 bits per heavy atom. The van der Waals surface area contributed by atoms with E-state index in [1.807, 2.05) is 0 Å². The Morgan fingerprint density at radius 3 is 2.58 bits per heavy atom. The van der Waals surface area contributed by atoms with Crippen molar-refractivity contribution in [3.8, 4) is 0 Å². The first-order chi connectivity index (χ1) is 9.19. The highest BCUT2D eigenvalue weighted by Crippen LogP contribution is 2.28. The van der Waals surface area contributed by atoms with Crippen LogP contribution in [0.1, 0.15) is 18.1 Å². The molecule has 102 valence electrons. The summed E-state index contributed by atoms with van der Waals surface area (Å²) in [5.74, 6) is 1.12. The number of hydrogen-bond acceptors (Lipinski definition) is 3. The summed E-state index contributed by atoms with van der Waals surface area (Å²) in [4.78, 5) is 4.89. The first kappa shape index (κ1) is 12.5. The van der Waals surface area contributed by atoms with Crippen molar-refractivity contribution in [3.05, 3.63) is 23.3 Å². The van der Waals surface area contributed by atoms with Crippen LogP contribution in [0.5, 0.6) is 0 Å². The second-order valence-electron chi connectivity index (χ2n) is 5.47. The third-order valence-corrected chi connectivity index (χ3v) is 4.11. The molecule has 1 fully saturated rings. The fourth-order valence-corrected chi connectivity index (χ4v) is 2.98. The van der Waals surface area contributed by atoms with Crippen LogP contribution in [-0.4, -0.2) is 47.8 Å². The van der Waals surface area contributed by atoms with Crippen LogP contribution < -0.4 is 4.90 Å². The summed E-state index contributed by atoms with van der Waals surface area (Å²) in [6.07, 6.45) is 0. The van der Waals surface area contributed by atoms with Crippen LogP contribution in [-0.2, 0) is 0 Å². The van der Waals surface area contributed by atoms with Crippen molar-refractivity contribution in [2.24, 2.45) is 0 Å². The predicted molar refractivity (Wildman–Crippen MR) is 79.9 cm³/mol. The highest BCUT2D eigenvalue weighted by Gasteiger charge is 2.20. The van der Waals surface area contributed by atoms with Gasteiger partial charge in [-0.05, 0) is 37.6 Å². The first-order valence-electron chi connectivity index (χ1n) is 7.11. The van der Waals surface area contributed by atoms with Crippen molar-refractivity contribution in [3.63, 3.8) is 0 Å². The van der Waals surface area contributed by atoms with Gasteiger partial charge in [-0.25, -0.2) is 0 Å². The molecule has 4 heteroatoms. The van der Waals surface area contributed by atoms with Gasteiger partial charge in [-0.1, -0.05) is 13.0 Å². The van der Waals surface area contributed by atoms with E-state index in [2.05, 4.69) is 52.9 Å². The number of likely N-dealkylation sites (N-methyl/N-ethyl adjacent to an activating group) is 1. The molecule has 0 spiro atoms. The first-order valence-corrected chi connectivity index (χ1v) is 7.11. The number of nitrogens with zero attached hydrogens (tertiary/aromatic N) is 3. The van der Waals surface area contributed by atoms with Crippen LogP contribution in [0.15, 0.2) is 12.1 Å². The summed E-state index contributed by atoms with van der Waals surface area (Å²) in [7, 11) is 0. The summed E-state index contributed by atoms with van der Waals surface area (Å²) < 4.78 is 0. The van der Waals surface area contributed by atoms with Crippen LogP contribution in [0.3, 0.4) is 0 Å². The Labute approximate surface area is 114 Å². The van der Waals surface area contributed by atoms with E-state index in [0.717, 1.165) is 38.5 Å². The highest BCUT2D eigenvalue weighted by molar-refractivity contribution is 5.92. The number of anilines is 1. The Balaban J connectivity index is 1.93. The number of hydrogen-bond donors (Lipinski definition) is 1. The van der Waals surface area contributed by atoms with Gasteiger partial charge in [-0.15, -0.1) is 0 Å². The zero-order valence-corrected chi connectivity index (χ0v) is 12.0. The van der Waals surface area contributed by atoms with Gasteiger partial charge in [0.05, 0.1) is 5.52 Å². The fourth-order valence-electron chi connectivity index (χ4n) is 2.98. The molecule has 0 amide bonds. The lowest BCUT2D eigenvalue weighted by Gasteiger charge is -2.34. The maximum absolute atomic E-state index is 4.55. The van der Waals surface area contributed by atoms with E-state index >= 15 is 0 Å². The van der Waals surface area contributed by atoms with Crippen molar-refractivity contribution in [2.45, 2.75) is 20.8 Å². The van der Waals surface area contributed by atoms with E-state index in [-0.39, 0.29) is 0 Å². The molecule has 1 aromatic carbocycles. The fraction of sp³-hybridized carbons (Fsp3) is 0.533. The summed E-state index contributed by atoms with van der Waals surface area (Å²) in [5, 5.41) is 9.02. The number of benzene rings is 1. The van der Waals surface area contributed by atoms with Crippen LogP contribution in [0.4, 0.5) is 5.82 Å². The van der Waals surface area contributed by atoms with Crippen molar-refractivity contribution in [1.29, 1.82) is 0 Å². The van der Waals surface area contributed by atoms with Crippen LogP contribution in [0.25, 0.3) is 10.9 Å². The second-order valence-corrected chi connectivity index (χ2v) is 5.47. The van der Waals surface area contributed by atoms with Gasteiger partial charge in [0.1, 0.15) is 0 Å². The molecule has 0 saturated carbocycles. The zero-order chi connectivity index (χ0) is 13.4. The van der Waals surface area contributed by atoms with Crippen LogP contribution in [0.2, 0.25) is 0 Å². The quantitative estimate of drug-likeness (QED) is 0.898. The number of aromatic nitrogens is 2. The normalized spacial score (nSPS) is 17.3. The zero-order valence-electron chi connectivity index (χ0n) is 12.0. The highest BCUT2D eigenvalue weighted by atomic mass is 15.3. The smallest absolute Gasteiger partial charge is 0.158 e. The maximum atomic E-state index is 4.55. The van der Waals surface area contributed by atoms with Gasteiger partial charge in [-0.2, -0.15) is 5.10 Å². The molecule has 1 saturated heterocycles. The minimum absolute atomic E-state index is 1.07. The standard InChI is InChI=1S/C15H22N4/c1-4-18-5-7-19(8-6-18)15-13-10-11(2)9-12(3)14(13)16-17-15/h9-10H,4-8H2,1-3H3,(H,16,17). The van der Waals surface area contributed by atoms with Crippen molar-refractivity contribution >= 4 is 16.7 Å². The molecule has 4 nitrogen and oxygen atoms in total. The SMILES string of the molecule is CCN1CCN(c2n[nH]c3c(C)cc(C)cc23)CC1. The largest absolute Gasteiger partial charge is 0.352 e. The lowest BCUT2D eigenvalue weighted by atomic mass is 10.1. The third kappa shape index (κ3) is 2.21. The minimum Gasteiger partial charge on any atom is -0.352 e. The number of H-pyrrole nitrogens is 1. The molecule has 0 aliphatic carbocycles. The lowest BCUT2D eigenvalue weighted by molar-refractivity contribution is 0.270. The van der Waals surface area contributed by atoms with Gasteiger partial charge >= 0.3 is 0 Å². The molecule has 2 heterocycles. The predicted octanol–water partition coefficient (Wildman–Crippen LogP) is 2.32. The summed E-state index contributed by atoms with van der Waals surface area (Å²) in [6, 6.07) is 4.45. The molecule has 3 rings (SSSR count). The second kappa shape index (κ2) is 4.85. The lowest BCUT2D eigenvalue weighted by Crippen LogP contribution is -2.46. The van der Waals surface area contributed by atoms with E-state index in [1.165, 1.54) is 22.0 Å². The molecule has 19 heavy (non-hydrogen) atoms. The molecule has 2 aromatic rings. The third-order valence-electron chi connectivity index (χ3n) is 4.11. The topological polar surface area (TPSA) is 35.2 Å². The molecular formula is C15H22N4. The molecule has 0 atom stereocenters. The molecule has 1 N–H and O–H groups in total. The van der Waals surface area contributed by atoms with Crippen molar-refractivity contribution in [2.75, 3.05) is 37.6 Å². The van der Waals surface area contributed by atoms with E-state index in [1.54, 1.807) is 0 Å². The van der Waals surface area contributed by atoms with Crippen LogP contribution >= 0.6 is 0 Å². The molecule has 1 aliphatic heterocycles. The van der Waals surface area contributed by atoms with E-state index in [4.69, 9.17) is 0 Å². The van der Waals surface area contributed by atoms with Gasteiger partial charge in [-0.3, -0.25) is 5.10 Å². The average Bonchev–Trinajstić information content (AvgIpc) is 2.83. The average molecular weight is 258 g/mol. The van der Waals surface area contributed by atoms with E-state index in [9.17, 15) is 0 Å². The van der Waals surface area contributed by atoms with Crippen LogP contribution in [0, 0.1) is 13.8 Å². The molecule has 0 radical (unpaired) electrons. The molecule has 0 bridgehead atoms. The Bertz CT molecular complexity index is 579. The van der Waals surface area contributed by atoms with Crippen molar-refractivity contribution < 1.29 is 0 Å². The van der Waals surface area contributed by atoms with Gasteiger partial charge < -0.3 is 9.80 Å². The number of rotatable bonds is 2. The number of aryl methyl sites for hydroxylation is 2. The van der Waals surface area contributed by atoms with E-state index < -0.39 is 0 Å². The van der Waals surface area contributed by atoms with Gasteiger partial charge in [0.25, 0.3) is 0 Å². The molecule has 1 aliphatic rings. The summed E-state index contributed by atoms with van der Waals surface area (Å²) in [6.45, 7) is 12.1. The van der Waals surface area contributed by atoms with Gasteiger partial charge in [0, 0.05) is 31.6 Å². The Morgan fingerprint density at radius 2 is 1.89 bits per heavy atom. The maximum Gasteiger partial charge on any atom is 0.158 e.